The lowest BCUT2D eigenvalue weighted by Gasteiger charge is -2.21. The molecular formula is C90H176O17P2. The Hall–Kier alpha value is -1.94. The van der Waals surface area contributed by atoms with Crippen molar-refractivity contribution in [2.75, 3.05) is 39.6 Å². The largest absolute Gasteiger partial charge is 0.472 e. The first kappa shape index (κ1) is 107. The minimum Gasteiger partial charge on any atom is -0.462 e. The van der Waals surface area contributed by atoms with Crippen LogP contribution in [-0.4, -0.2) is 96.7 Å². The van der Waals surface area contributed by atoms with E-state index in [2.05, 4.69) is 48.5 Å². The van der Waals surface area contributed by atoms with Gasteiger partial charge >= 0.3 is 39.5 Å². The summed E-state index contributed by atoms with van der Waals surface area (Å²) >= 11 is 0. The molecule has 0 radical (unpaired) electrons. The third-order valence-electron chi connectivity index (χ3n) is 21.1. The highest BCUT2D eigenvalue weighted by atomic mass is 31.2. The molecule has 0 bridgehead atoms. The molecule has 0 aromatic heterocycles. The van der Waals surface area contributed by atoms with Crippen molar-refractivity contribution < 1.29 is 80.2 Å². The zero-order valence-electron chi connectivity index (χ0n) is 72.0. The topological polar surface area (TPSA) is 237 Å². The van der Waals surface area contributed by atoms with Crippen LogP contribution in [-0.2, 0) is 65.4 Å². The number of aliphatic hydroxyl groups is 1. The predicted octanol–water partition coefficient (Wildman–Crippen LogP) is 27.6. The van der Waals surface area contributed by atoms with E-state index < -0.39 is 97.5 Å². The number of esters is 4. The van der Waals surface area contributed by atoms with Crippen molar-refractivity contribution in [1.29, 1.82) is 0 Å². The lowest BCUT2D eigenvalue weighted by Crippen LogP contribution is -2.30. The second-order valence-corrected chi connectivity index (χ2v) is 36.7. The van der Waals surface area contributed by atoms with Crippen LogP contribution in [0.25, 0.3) is 0 Å². The van der Waals surface area contributed by atoms with Crippen LogP contribution in [0.1, 0.15) is 479 Å². The van der Waals surface area contributed by atoms with Crippen LogP contribution in [0.2, 0.25) is 0 Å². The van der Waals surface area contributed by atoms with Gasteiger partial charge in [0.15, 0.2) is 12.2 Å². The van der Waals surface area contributed by atoms with Gasteiger partial charge in [-0.15, -0.1) is 0 Å². The summed E-state index contributed by atoms with van der Waals surface area (Å²) < 4.78 is 69.0. The molecule has 17 nitrogen and oxygen atoms in total. The number of unbranched alkanes of at least 4 members (excludes halogenated alkanes) is 56. The quantitative estimate of drug-likeness (QED) is 0.0222. The third-order valence-corrected chi connectivity index (χ3v) is 23.0. The zero-order valence-corrected chi connectivity index (χ0v) is 73.8. The van der Waals surface area contributed by atoms with Gasteiger partial charge < -0.3 is 33.8 Å². The molecule has 0 spiro atoms. The minimum absolute atomic E-state index is 0.107. The van der Waals surface area contributed by atoms with Crippen LogP contribution >= 0.6 is 15.6 Å². The maximum atomic E-state index is 13.2. The van der Waals surface area contributed by atoms with Crippen LogP contribution in [0.5, 0.6) is 0 Å². The number of carbonyl (C=O) groups excluding carboxylic acids is 4. The van der Waals surface area contributed by atoms with Crippen LogP contribution in [0, 0.1) is 17.8 Å². The molecule has 5 atom stereocenters. The van der Waals surface area contributed by atoms with Crippen LogP contribution < -0.4 is 0 Å². The maximum absolute atomic E-state index is 13.2. The van der Waals surface area contributed by atoms with Crippen LogP contribution in [0.15, 0.2) is 0 Å². The van der Waals surface area contributed by atoms with Crippen LogP contribution in [0.4, 0.5) is 0 Å². The molecule has 109 heavy (non-hydrogen) atoms. The summed E-state index contributed by atoms with van der Waals surface area (Å²) in [6.45, 7) is 12.0. The van der Waals surface area contributed by atoms with Gasteiger partial charge in [0, 0.05) is 25.7 Å². The fourth-order valence-electron chi connectivity index (χ4n) is 14.1. The molecular weight excluding hydrogens is 1410 g/mol. The van der Waals surface area contributed by atoms with Crippen molar-refractivity contribution in [1.82, 2.24) is 0 Å². The molecule has 0 aliphatic rings. The van der Waals surface area contributed by atoms with Gasteiger partial charge in [0.1, 0.15) is 19.3 Å². The smallest absolute Gasteiger partial charge is 0.462 e. The van der Waals surface area contributed by atoms with E-state index in [1.165, 1.54) is 283 Å². The highest BCUT2D eigenvalue weighted by Crippen LogP contribution is 2.45. The summed E-state index contributed by atoms with van der Waals surface area (Å²) in [5.74, 6) is 0.218. The standard InChI is InChI=1S/C90H176O17P2/c1-8-9-10-11-12-13-14-15-16-17-18-19-20-24-27-33-38-43-50-57-64-71-87(92)100-77-85(106-89(94)73-66-59-51-44-39-34-28-25-22-21-23-26-31-36-41-47-54-61-68-81(2)3)79-104-108(96,97)102-75-84(91)76-103-109(98,99)105-80-86(78-101-88(93)72-65-58-53-46-49-56-63-70-83(6)7)107-90(95)74-67-60-52-45-40-35-30-29-32-37-42-48-55-62-69-82(4)5/h81-86,91H,8-80H2,1-7H3,(H,96,97)(H,98,99)/t84-,85-,86-/m1/s1. The second kappa shape index (κ2) is 79.9. The van der Waals surface area contributed by atoms with E-state index in [-0.39, 0.29) is 25.7 Å². The molecule has 0 aromatic carbocycles. The van der Waals surface area contributed by atoms with E-state index in [1.807, 2.05) is 0 Å². The van der Waals surface area contributed by atoms with Gasteiger partial charge in [-0.1, -0.05) is 427 Å². The molecule has 0 rings (SSSR count). The summed E-state index contributed by atoms with van der Waals surface area (Å²) in [5.41, 5.74) is 0. The number of rotatable bonds is 88. The number of phosphoric ester groups is 2. The summed E-state index contributed by atoms with van der Waals surface area (Å²) in [6, 6.07) is 0. The Balaban J connectivity index is 5.22. The lowest BCUT2D eigenvalue weighted by molar-refractivity contribution is -0.161. The van der Waals surface area contributed by atoms with Gasteiger partial charge in [0.25, 0.3) is 0 Å². The van der Waals surface area contributed by atoms with Gasteiger partial charge in [-0.25, -0.2) is 9.13 Å². The molecule has 19 heteroatoms. The molecule has 0 saturated heterocycles. The normalized spacial score (nSPS) is 13.8. The van der Waals surface area contributed by atoms with E-state index in [0.29, 0.717) is 31.6 Å². The number of carbonyl (C=O) groups is 4. The molecule has 0 fully saturated rings. The SMILES string of the molecule is CCCCCCCCCCCCCCCCCCCCCCCC(=O)OC[C@H](COP(=O)(O)OC[C@@H](O)COP(=O)(O)OC[C@@H](COC(=O)CCCCCCCCCC(C)C)OC(=O)CCCCCCCCCCCCCCCCC(C)C)OC(=O)CCCCCCCCCCCCCCCCCCCCC(C)C. The number of aliphatic hydroxyl groups excluding tert-OH is 1. The molecule has 0 aliphatic heterocycles. The van der Waals surface area contributed by atoms with Gasteiger partial charge in [0.2, 0.25) is 0 Å². The monoisotopic (exact) mass is 1590 g/mol. The molecule has 0 heterocycles. The first-order valence-electron chi connectivity index (χ1n) is 46.3. The summed E-state index contributed by atoms with van der Waals surface area (Å²) in [5, 5.41) is 10.7. The highest BCUT2D eigenvalue weighted by molar-refractivity contribution is 7.47. The average molecular weight is 1590 g/mol. The zero-order chi connectivity index (χ0) is 80.0. The van der Waals surface area contributed by atoms with Crippen molar-refractivity contribution in [3.05, 3.63) is 0 Å². The third kappa shape index (κ3) is 83.8. The second-order valence-electron chi connectivity index (χ2n) is 33.8. The molecule has 3 N–H and O–H groups in total. The predicted molar refractivity (Wildman–Crippen MR) is 451 cm³/mol. The maximum Gasteiger partial charge on any atom is 0.472 e. The Labute approximate surface area is 670 Å². The minimum atomic E-state index is -4.97. The molecule has 0 aliphatic carbocycles. The molecule has 0 saturated carbocycles. The Morgan fingerprint density at radius 2 is 0.422 bits per heavy atom. The number of ether oxygens (including phenoxy) is 4. The Morgan fingerprint density at radius 1 is 0.248 bits per heavy atom. The molecule has 2 unspecified atom stereocenters. The summed E-state index contributed by atoms with van der Waals surface area (Å²) in [6.07, 6.45) is 72.5. The van der Waals surface area contributed by atoms with Gasteiger partial charge in [0.05, 0.1) is 26.4 Å². The Morgan fingerprint density at radius 3 is 0.624 bits per heavy atom. The van der Waals surface area contributed by atoms with Crippen molar-refractivity contribution in [2.45, 2.75) is 497 Å². The van der Waals surface area contributed by atoms with Gasteiger partial charge in [-0.05, 0) is 43.4 Å². The molecule has 648 valence electrons. The fraction of sp³-hybridized carbons (Fsp3) is 0.956. The van der Waals surface area contributed by atoms with E-state index >= 15 is 0 Å². The average Bonchev–Trinajstić information content (AvgIpc) is 0.900. The first-order valence-corrected chi connectivity index (χ1v) is 49.3. The first-order chi connectivity index (χ1) is 52.7. The van der Waals surface area contributed by atoms with E-state index in [4.69, 9.17) is 37.0 Å². The van der Waals surface area contributed by atoms with E-state index in [0.717, 1.165) is 108 Å². The van der Waals surface area contributed by atoms with Crippen molar-refractivity contribution in [3.8, 4) is 0 Å². The molecule has 0 aromatic rings. The Kier molecular flexibility index (Phi) is 78.5. The number of hydrogen-bond acceptors (Lipinski definition) is 15. The summed E-state index contributed by atoms with van der Waals surface area (Å²) in [7, 11) is -9.93. The highest BCUT2D eigenvalue weighted by Gasteiger charge is 2.31. The Bertz CT molecular complexity index is 2100. The lowest BCUT2D eigenvalue weighted by atomic mass is 10.0. The molecule has 0 amide bonds. The van der Waals surface area contributed by atoms with Crippen molar-refractivity contribution >= 4 is 39.5 Å². The number of hydrogen-bond donors (Lipinski definition) is 3. The number of phosphoric acid groups is 2. The fourth-order valence-corrected chi connectivity index (χ4v) is 15.7. The van der Waals surface area contributed by atoms with E-state index in [1.54, 1.807) is 0 Å². The van der Waals surface area contributed by atoms with E-state index in [9.17, 15) is 43.2 Å². The summed E-state index contributed by atoms with van der Waals surface area (Å²) in [4.78, 5) is 73.3. The van der Waals surface area contributed by atoms with Crippen molar-refractivity contribution in [2.24, 2.45) is 17.8 Å². The van der Waals surface area contributed by atoms with Gasteiger partial charge in [-0.2, -0.15) is 0 Å². The van der Waals surface area contributed by atoms with Crippen LogP contribution in [0.3, 0.4) is 0 Å². The van der Waals surface area contributed by atoms with Gasteiger partial charge in [-0.3, -0.25) is 37.3 Å². The van der Waals surface area contributed by atoms with Crippen molar-refractivity contribution in [3.63, 3.8) is 0 Å².